The average molecular weight is 305 g/mol. The van der Waals surface area contributed by atoms with Crippen molar-refractivity contribution >= 4 is 23.2 Å². The Kier molecular flexibility index (Phi) is 4.65. The molecule has 0 aliphatic carbocycles. The Labute approximate surface area is 126 Å². The Morgan fingerprint density at radius 1 is 1.50 bits per heavy atom. The zero-order chi connectivity index (χ0) is 16.3. The lowest BCUT2D eigenvalue weighted by atomic mass is 10.1. The van der Waals surface area contributed by atoms with E-state index >= 15 is 0 Å². The van der Waals surface area contributed by atoms with Gasteiger partial charge in [0.2, 0.25) is 12.3 Å². The third kappa shape index (κ3) is 3.03. The molecule has 116 valence electrons. The number of hydrogen-bond donors (Lipinski definition) is 1. The molecule has 1 aromatic heterocycles. The van der Waals surface area contributed by atoms with Crippen LogP contribution in [0, 0.1) is 12.7 Å². The van der Waals surface area contributed by atoms with Gasteiger partial charge in [0.05, 0.1) is 5.52 Å². The Morgan fingerprint density at radius 3 is 2.91 bits per heavy atom. The van der Waals surface area contributed by atoms with E-state index in [1.165, 1.54) is 16.7 Å². The molecule has 0 aliphatic heterocycles. The largest absolute Gasteiger partial charge is 0.299 e. The fourth-order valence-corrected chi connectivity index (χ4v) is 2.44. The molecular formula is C15H16FN3O3. The maximum Gasteiger partial charge on any atom is 0.264 e. The molecule has 22 heavy (non-hydrogen) atoms. The highest BCUT2D eigenvalue weighted by Crippen LogP contribution is 2.17. The summed E-state index contributed by atoms with van der Waals surface area (Å²) in [6, 6.07) is 3.95. The maximum absolute atomic E-state index is 13.9. The minimum atomic E-state index is -0.616. The van der Waals surface area contributed by atoms with E-state index in [9.17, 15) is 18.8 Å². The number of halogens is 1. The number of imide groups is 1. The van der Waals surface area contributed by atoms with E-state index in [0.29, 0.717) is 24.2 Å². The topological polar surface area (TPSA) is 81.1 Å². The molecular weight excluding hydrogens is 289 g/mol. The van der Waals surface area contributed by atoms with Gasteiger partial charge in [0.1, 0.15) is 17.0 Å². The smallest absolute Gasteiger partial charge is 0.264 e. The standard InChI is InChI=1S/C15H16FN3O3/c1-9(6-7-13(21)17-8-20)19-10(2)18-12-5-3-4-11(16)14(12)15(19)22/h3-5,8-9H,6-7H2,1-2H3,(H,17,20,21). The van der Waals surface area contributed by atoms with E-state index in [2.05, 4.69) is 4.98 Å². The summed E-state index contributed by atoms with van der Waals surface area (Å²) < 4.78 is 15.3. The van der Waals surface area contributed by atoms with Crippen LogP contribution >= 0.6 is 0 Å². The lowest BCUT2D eigenvalue weighted by Crippen LogP contribution is -2.29. The van der Waals surface area contributed by atoms with Gasteiger partial charge >= 0.3 is 0 Å². The summed E-state index contributed by atoms with van der Waals surface area (Å²) in [6.07, 6.45) is 0.737. The number of carbonyl (C=O) groups excluding carboxylic acids is 2. The number of amides is 2. The minimum Gasteiger partial charge on any atom is -0.299 e. The molecule has 0 aliphatic rings. The van der Waals surface area contributed by atoms with Gasteiger partial charge in [0.25, 0.3) is 5.56 Å². The van der Waals surface area contributed by atoms with Crippen molar-refractivity contribution in [3.63, 3.8) is 0 Å². The van der Waals surface area contributed by atoms with Crippen molar-refractivity contribution in [3.05, 3.63) is 40.2 Å². The van der Waals surface area contributed by atoms with Gasteiger partial charge in [-0.1, -0.05) is 6.07 Å². The second-order valence-corrected chi connectivity index (χ2v) is 5.04. The molecule has 1 aromatic carbocycles. The summed E-state index contributed by atoms with van der Waals surface area (Å²) in [6.45, 7) is 3.41. The molecule has 1 N–H and O–H groups in total. The molecule has 0 radical (unpaired) electrons. The number of aryl methyl sites for hydroxylation is 1. The van der Waals surface area contributed by atoms with Crippen LogP contribution in [0.1, 0.15) is 31.6 Å². The van der Waals surface area contributed by atoms with Gasteiger partial charge in [-0.2, -0.15) is 0 Å². The number of carbonyl (C=O) groups is 2. The van der Waals surface area contributed by atoms with E-state index in [1.54, 1.807) is 19.9 Å². The highest BCUT2D eigenvalue weighted by molar-refractivity contribution is 5.85. The Hall–Kier alpha value is -2.57. The molecule has 6 nitrogen and oxygen atoms in total. The van der Waals surface area contributed by atoms with Crippen molar-refractivity contribution in [2.24, 2.45) is 0 Å². The van der Waals surface area contributed by atoms with Crippen LogP contribution in [0.4, 0.5) is 4.39 Å². The number of nitrogens with zero attached hydrogens (tertiary/aromatic N) is 2. The third-order valence-electron chi connectivity index (χ3n) is 3.51. The normalized spacial score (nSPS) is 12.1. The first-order chi connectivity index (χ1) is 10.5. The lowest BCUT2D eigenvalue weighted by molar-refractivity contribution is -0.125. The lowest BCUT2D eigenvalue weighted by Gasteiger charge is -2.18. The number of fused-ring (bicyclic) bond motifs is 1. The molecule has 0 saturated heterocycles. The maximum atomic E-state index is 13.9. The van der Waals surface area contributed by atoms with Crippen LogP contribution in [0.5, 0.6) is 0 Å². The highest BCUT2D eigenvalue weighted by atomic mass is 19.1. The van der Waals surface area contributed by atoms with Crippen LogP contribution in [0.25, 0.3) is 10.9 Å². The minimum absolute atomic E-state index is 0.0581. The zero-order valence-corrected chi connectivity index (χ0v) is 12.3. The van der Waals surface area contributed by atoms with E-state index in [4.69, 9.17) is 0 Å². The van der Waals surface area contributed by atoms with Crippen LogP contribution < -0.4 is 10.9 Å². The van der Waals surface area contributed by atoms with E-state index in [0.717, 1.165) is 0 Å². The summed E-state index contributed by atoms with van der Waals surface area (Å²) in [5, 5.41) is 1.98. The van der Waals surface area contributed by atoms with Gasteiger partial charge in [-0.05, 0) is 32.4 Å². The fourth-order valence-electron chi connectivity index (χ4n) is 2.44. The van der Waals surface area contributed by atoms with Crippen LogP contribution in [0.15, 0.2) is 23.0 Å². The molecule has 0 saturated carbocycles. The van der Waals surface area contributed by atoms with Gasteiger partial charge in [-0.3, -0.25) is 24.3 Å². The molecule has 0 bridgehead atoms. The quantitative estimate of drug-likeness (QED) is 0.848. The van der Waals surface area contributed by atoms with Crippen molar-refractivity contribution in [1.82, 2.24) is 14.9 Å². The third-order valence-corrected chi connectivity index (χ3v) is 3.51. The molecule has 7 heteroatoms. The van der Waals surface area contributed by atoms with Gasteiger partial charge in [0.15, 0.2) is 0 Å². The molecule has 1 heterocycles. The summed E-state index contributed by atoms with van der Waals surface area (Å²) in [5.41, 5.74) is -0.159. The van der Waals surface area contributed by atoms with Gasteiger partial charge in [-0.25, -0.2) is 9.37 Å². The van der Waals surface area contributed by atoms with Gasteiger partial charge < -0.3 is 0 Å². The summed E-state index contributed by atoms with van der Waals surface area (Å²) >= 11 is 0. The molecule has 1 atom stereocenters. The highest BCUT2D eigenvalue weighted by Gasteiger charge is 2.16. The molecule has 2 amide bonds. The van der Waals surface area contributed by atoms with Crippen molar-refractivity contribution in [2.45, 2.75) is 32.7 Å². The predicted octanol–water partition coefficient (Wildman–Crippen LogP) is 1.46. The van der Waals surface area contributed by atoms with Crippen molar-refractivity contribution in [3.8, 4) is 0 Å². The first kappa shape index (κ1) is 15.8. The molecule has 0 fully saturated rings. The van der Waals surface area contributed by atoms with Crippen molar-refractivity contribution < 1.29 is 14.0 Å². The summed E-state index contributed by atoms with van der Waals surface area (Å²) in [4.78, 5) is 38.2. The van der Waals surface area contributed by atoms with Crippen LogP contribution in [-0.4, -0.2) is 21.9 Å². The SMILES string of the molecule is Cc1nc2cccc(F)c2c(=O)n1C(C)CCC(=O)NC=O. The first-order valence-electron chi connectivity index (χ1n) is 6.86. The van der Waals surface area contributed by atoms with Gasteiger partial charge in [-0.15, -0.1) is 0 Å². The molecule has 0 spiro atoms. The molecule has 1 unspecified atom stereocenters. The zero-order valence-electron chi connectivity index (χ0n) is 12.3. The van der Waals surface area contributed by atoms with Crippen LogP contribution in [0.2, 0.25) is 0 Å². The van der Waals surface area contributed by atoms with E-state index in [1.807, 2.05) is 5.32 Å². The Morgan fingerprint density at radius 2 is 2.23 bits per heavy atom. The number of aromatic nitrogens is 2. The second-order valence-electron chi connectivity index (χ2n) is 5.04. The first-order valence-corrected chi connectivity index (χ1v) is 6.86. The number of benzene rings is 1. The van der Waals surface area contributed by atoms with Crippen molar-refractivity contribution in [1.29, 1.82) is 0 Å². The van der Waals surface area contributed by atoms with E-state index < -0.39 is 17.3 Å². The second kappa shape index (κ2) is 6.46. The number of nitrogens with one attached hydrogen (secondary N) is 1. The monoisotopic (exact) mass is 305 g/mol. The van der Waals surface area contributed by atoms with Crippen LogP contribution in [0.3, 0.4) is 0 Å². The summed E-state index contributed by atoms with van der Waals surface area (Å²) in [7, 11) is 0. The van der Waals surface area contributed by atoms with Crippen LogP contribution in [-0.2, 0) is 9.59 Å². The molecule has 2 rings (SSSR count). The predicted molar refractivity (Wildman–Crippen MR) is 78.8 cm³/mol. The Bertz CT molecular complexity index is 785. The molecule has 2 aromatic rings. The average Bonchev–Trinajstić information content (AvgIpc) is 2.45. The van der Waals surface area contributed by atoms with Gasteiger partial charge in [0, 0.05) is 12.5 Å². The summed E-state index contributed by atoms with van der Waals surface area (Å²) in [5.74, 6) is -0.589. The van der Waals surface area contributed by atoms with E-state index in [-0.39, 0.29) is 17.8 Å². The van der Waals surface area contributed by atoms with Crippen molar-refractivity contribution in [2.75, 3.05) is 0 Å². The Balaban J connectivity index is 2.38. The number of hydrogen-bond acceptors (Lipinski definition) is 4. The number of rotatable bonds is 5. The fraction of sp³-hybridized carbons (Fsp3) is 0.333.